The quantitative estimate of drug-likeness (QED) is 0.427. The van der Waals surface area contributed by atoms with Gasteiger partial charge in [0.1, 0.15) is 18.9 Å². The number of para-hydroxylation sites is 1. The summed E-state index contributed by atoms with van der Waals surface area (Å²) in [6.45, 7) is 7.02. The number of urea groups is 1. The van der Waals surface area contributed by atoms with E-state index in [2.05, 4.69) is 16.8 Å². The topological polar surface area (TPSA) is 61.9 Å². The van der Waals surface area contributed by atoms with Crippen LogP contribution in [0.5, 0.6) is 5.75 Å². The zero-order valence-electron chi connectivity index (χ0n) is 20.6. The van der Waals surface area contributed by atoms with Gasteiger partial charge < -0.3 is 19.9 Å². The van der Waals surface area contributed by atoms with E-state index in [9.17, 15) is 9.59 Å². The molecule has 7 heteroatoms. The Morgan fingerprint density at radius 2 is 1.89 bits per heavy atom. The fourth-order valence-electron chi connectivity index (χ4n) is 4.28. The first-order valence-electron chi connectivity index (χ1n) is 12.1. The van der Waals surface area contributed by atoms with Gasteiger partial charge in [0, 0.05) is 23.2 Å². The number of ether oxygens (including phenoxy) is 1. The number of aryl methyl sites for hydroxylation is 1. The van der Waals surface area contributed by atoms with Crippen molar-refractivity contribution >= 4 is 29.0 Å². The molecule has 0 unspecified atom stereocenters. The average Bonchev–Trinajstić information content (AvgIpc) is 3.36. The summed E-state index contributed by atoms with van der Waals surface area (Å²) in [7, 11) is 0. The molecule has 1 aromatic heterocycles. The number of hydrogen-bond acceptors (Lipinski definition) is 4. The van der Waals surface area contributed by atoms with Gasteiger partial charge in [-0.2, -0.15) is 0 Å². The minimum Gasteiger partial charge on any atom is -0.491 e. The van der Waals surface area contributed by atoms with Crippen molar-refractivity contribution in [3.63, 3.8) is 0 Å². The Balaban J connectivity index is 1.50. The molecule has 0 saturated carbocycles. The molecule has 0 fully saturated rings. The van der Waals surface area contributed by atoms with Gasteiger partial charge in [-0.15, -0.1) is 11.3 Å². The van der Waals surface area contributed by atoms with Gasteiger partial charge in [0.05, 0.1) is 6.04 Å². The van der Waals surface area contributed by atoms with Crippen LogP contribution in [0.15, 0.2) is 66.0 Å². The van der Waals surface area contributed by atoms with Gasteiger partial charge in [-0.25, -0.2) is 4.79 Å². The van der Waals surface area contributed by atoms with E-state index in [1.165, 1.54) is 4.88 Å². The highest BCUT2D eigenvalue weighted by Crippen LogP contribution is 2.34. The lowest BCUT2D eigenvalue weighted by molar-refractivity contribution is -0.135. The van der Waals surface area contributed by atoms with Crippen molar-refractivity contribution in [2.75, 3.05) is 25.0 Å². The fraction of sp³-hybridized carbons (Fsp3) is 0.357. The predicted octanol–water partition coefficient (Wildman–Crippen LogP) is 5.89. The van der Waals surface area contributed by atoms with Crippen LogP contribution in [0.2, 0.25) is 0 Å². The van der Waals surface area contributed by atoms with Gasteiger partial charge in [-0.3, -0.25) is 4.79 Å². The molecule has 35 heavy (non-hydrogen) atoms. The molecule has 6 nitrogen and oxygen atoms in total. The number of thiophene rings is 1. The number of benzene rings is 2. The average molecular weight is 492 g/mol. The fourth-order valence-corrected chi connectivity index (χ4v) is 5.21. The molecular weight excluding hydrogens is 458 g/mol. The summed E-state index contributed by atoms with van der Waals surface area (Å²) in [6.07, 6.45) is 1.57. The summed E-state index contributed by atoms with van der Waals surface area (Å²) >= 11 is 1.73. The molecule has 2 atom stereocenters. The van der Waals surface area contributed by atoms with Gasteiger partial charge >= 0.3 is 6.03 Å². The molecule has 4 rings (SSSR count). The lowest BCUT2D eigenvalue weighted by Gasteiger charge is -2.38. The Labute approximate surface area is 211 Å². The molecule has 184 valence electrons. The van der Waals surface area contributed by atoms with E-state index in [-0.39, 0.29) is 30.6 Å². The van der Waals surface area contributed by atoms with E-state index in [0.29, 0.717) is 13.2 Å². The highest BCUT2D eigenvalue weighted by molar-refractivity contribution is 7.10. The first-order valence-corrected chi connectivity index (χ1v) is 13.0. The summed E-state index contributed by atoms with van der Waals surface area (Å²) in [4.78, 5) is 31.6. The number of nitrogens with zero attached hydrogens (tertiary/aromatic N) is 2. The van der Waals surface area contributed by atoms with E-state index in [1.54, 1.807) is 16.2 Å². The normalized spacial score (nSPS) is 15.7. The second kappa shape index (κ2) is 11.4. The zero-order chi connectivity index (χ0) is 24.8. The van der Waals surface area contributed by atoms with E-state index >= 15 is 0 Å². The molecule has 2 aromatic carbocycles. The summed E-state index contributed by atoms with van der Waals surface area (Å²) in [5, 5.41) is 5.03. The number of hydrogen-bond donors (Lipinski definition) is 1. The van der Waals surface area contributed by atoms with Crippen LogP contribution < -0.4 is 10.1 Å². The van der Waals surface area contributed by atoms with Gasteiger partial charge in [-0.05, 0) is 68.0 Å². The van der Waals surface area contributed by atoms with Gasteiger partial charge in [0.15, 0.2) is 0 Å². The monoisotopic (exact) mass is 491 g/mol. The molecule has 0 bridgehead atoms. The maximum Gasteiger partial charge on any atom is 0.322 e. The Hall–Kier alpha value is -3.32. The molecule has 1 aliphatic rings. The Morgan fingerprint density at radius 3 is 2.60 bits per heavy atom. The Bertz CT molecular complexity index is 1130. The van der Waals surface area contributed by atoms with Crippen molar-refractivity contribution in [1.82, 2.24) is 9.80 Å². The van der Waals surface area contributed by atoms with Crippen LogP contribution in [0.3, 0.4) is 0 Å². The number of rotatable bonds is 8. The molecule has 3 aromatic rings. The highest BCUT2D eigenvalue weighted by atomic mass is 32.1. The predicted molar refractivity (Wildman–Crippen MR) is 141 cm³/mol. The number of anilines is 1. The number of nitrogens with one attached hydrogen (secondary N) is 1. The number of fused-ring (bicyclic) bond motifs is 1. The minimum absolute atomic E-state index is 0.0218. The van der Waals surface area contributed by atoms with Crippen LogP contribution in [0.25, 0.3) is 0 Å². The number of amides is 3. The number of carbonyl (C=O) groups is 2. The van der Waals surface area contributed by atoms with Crippen molar-refractivity contribution in [3.8, 4) is 5.75 Å². The highest BCUT2D eigenvalue weighted by Gasteiger charge is 2.34. The van der Waals surface area contributed by atoms with Crippen molar-refractivity contribution in [1.29, 1.82) is 0 Å². The molecule has 1 N–H and O–H groups in total. The second-order valence-electron chi connectivity index (χ2n) is 8.96. The molecule has 0 aliphatic carbocycles. The molecule has 0 saturated heterocycles. The van der Waals surface area contributed by atoms with Gasteiger partial charge in [0.25, 0.3) is 0 Å². The number of carbonyl (C=O) groups excluding carboxylic acids is 2. The minimum atomic E-state index is -0.262. The van der Waals surface area contributed by atoms with Crippen molar-refractivity contribution in [2.24, 2.45) is 0 Å². The second-order valence-corrected chi connectivity index (χ2v) is 9.96. The summed E-state index contributed by atoms with van der Waals surface area (Å²) in [6, 6.07) is 18.9. The zero-order valence-corrected chi connectivity index (χ0v) is 21.4. The maximum absolute atomic E-state index is 13.6. The van der Waals surface area contributed by atoms with Crippen LogP contribution in [0, 0.1) is 6.92 Å². The molecule has 0 radical (unpaired) electrons. The van der Waals surface area contributed by atoms with E-state index < -0.39 is 0 Å². The lowest BCUT2D eigenvalue weighted by atomic mass is 10.00. The van der Waals surface area contributed by atoms with Gasteiger partial charge in [-0.1, -0.05) is 42.8 Å². The van der Waals surface area contributed by atoms with Crippen molar-refractivity contribution in [3.05, 3.63) is 82.0 Å². The first-order chi connectivity index (χ1) is 17.0. The largest absolute Gasteiger partial charge is 0.491 e. The Kier molecular flexibility index (Phi) is 8.08. The molecule has 2 heterocycles. The third-order valence-corrected chi connectivity index (χ3v) is 7.55. The van der Waals surface area contributed by atoms with E-state index in [0.717, 1.165) is 35.4 Å². The first kappa shape index (κ1) is 24.8. The SMILES string of the molecule is CC[C@@H](C)N(CC(=O)N1CCc2sccc2[C@H]1COc1ccccc1)C(=O)Nc1ccc(C)cc1. The van der Waals surface area contributed by atoms with E-state index in [1.807, 2.05) is 80.3 Å². The van der Waals surface area contributed by atoms with Crippen LogP contribution in [-0.2, 0) is 11.2 Å². The molecule has 0 spiro atoms. The Morgan fingerprint density at radius 1 is 1.14 bits per heavy atom. The summed E-state index contributed by atoms with van der Waals surface area (Å²) < 4.78 is 6.08. The summed E-state index contributed by atoms with van der Waals surface area (Å²) in [5.41, 5.74) is 2.99. The van der Waals surface area contributed by atoms with Crippen molar-refractivity contribution in [2.45, 2.75) is 45.7 Å². The third-order valence-electron chi connectivity index (χ3n) is 6.56. The van der Waals surface area contributed by atoms with Crippen LogP contribution in [-0.4, -0.2) is 47.5 Å². The van der Waals surface area contributed by atoms with Crippen molar-refractivity contribution < 1.29 is 14.3 Å². The maximum atomic E-state index is 13.6. The van der Waals surface area contributed by atoms with Crippen LogP contribution in [0.4, 0.5) is 10.5 Å². The van der Waals surface area contributed by atoms with Gasteiger partial charge in [0.2, 0.25) is 5.91 Å². The smallest absolute Gasteiger partial charge is 0.322 e. The van der Waals surface area contributed by atoms with Crippen LogP contribution in [0.1, 0.15) is 42.3 Å². The standard InChI is InChI=1S/C28H33N3O3S/c1-4-21(3)31(28(33)29-22-12-10-20(2)11-13-22)18-27(32)30-16-14-26-24(15-17-35-26)25(30)19-34-23-8-6-5-7-9-23/h5-13,15,17,21,25H,4,14,16,18-19H2,1-3H3,(H,29,33)/t21-,25-/m1/s1. The third kappa shape index (κ3) is 6.03. The molecule has 1 aliphatic heterocycles. The summed E-state index contributed by atoms with van der Waals surface area (Å²) in [5.74, 6) is 0.712. The molecule has 3 amide bonds. The molecular formula is C28H33N3O3S. The lowest BCUT2D eigenvalue weighted by Crippen LogP contribution is -2.50. The van der Waals surface area contributed by atoms with Crippen LogP contribution >= 0.6 is 11.3 Å². The van der Waals surface area contributed by atoms with E-state index in [4.69, 9.17) is 4.74 Å².